The van der Waals surface area contributed by atoms with E-state index in [1.54, 1.807) is 18.4 Å². The third-order valence-electron chi connectivity index (χ3n) is 6.27. The van der Waals surface area contributed by atoms with Gasteiger partial charge in [0.05, 0.1) is 24.9 Å². The van der Waals surface area contributed by atoms with Crippen molar-refractivity contribution in [3.63, 3.8) is 0 Å². The number of piperazine rings is 1. The van der Waals surface area contributed by atoms with E-state index in [4.69, 9.17) is 14.8 Å². The second-order valence-corrected chi connectivity index (χ2v) is 9.31. The molecular weight excluding hydrogens is 412 g/mol. The van der Waals surface area contributed by atoms with Crippen LogP contribution < -0.4 is 9.64 Å². The third-order valence-corrected chi connectivity index (χ3v) is 7.26. The van der Waals surface area contributed by atoms with Gasteiger partial charge in [0.1, 0.15) is 5.75 Å². The minimum atomic E-state index is 0.0586. The van der Waals surface area contributed by atoms with E-state index in [-0.39, 0.29) is 5.92 Å². The molecule has 164 valence electrons. The van der Waals surface area contributed by atoms with Crippen molar-refractivity contribution in [3.05, 3.63) is 30.5 Å². The summed E-state index contributed by atoms with van der Waals surface area (Å²) in [5.41, 5.74) is 1.94. The van der Waals surface area contributed by atoms with Crippen molar-refractivity contribution in [1.82, 2.24) is 24.4 Å². The van der Waals surface area contributed by atoms with Gasteiger partial charge in [-0.1, -0.05) is 11.3 Å². The minimum absolute atomic E-state index is 0.0586. The van der Waals surface area contributed by atoms with E-state index in [9.17, 15) is 4.79 Å². The van der Waals surface area contributed by atoms with Crippen LogP contribution >= 0.6 is 11.3 Å². The molecule has 3 aromatic rings. The molecule has 0 unspecified atom stereocenters. The van der Waals surface area contributed by atoms with Crippen molar-refractivity contribution < 1.29 is 9.53 Å². The maximum Gasteiger partial charge on any atom is 0.227 e. The number of nitrogens with zero attached hydrogens (tertiary/aromatic N) is 6. The van der Waals surface area contributed by atoms with Crippen LogP contribution in [-0.2, 0) is 4.79 Å². The Morgan fingerprint density at radius 3 is 2.61 bits per heavy atom. The van der Waals surface area contributed by atoms with Crippen molar-refractivity contribution in [2.75, 3.05) is 58.3 Å². The molecule has 8 nitrogen and oxygen atoms in total. The zero-order valence-corrected chi connectivity index (χ0v) is 18.8. The fourth-order valence-electron chi connectivity index (χ4n) is 4.36. The molecule has 4 heterocycles. The van der Waals surface area contributed by atoms with Crippen LogP contribution in [0.5, 0.6) is 5.75 Å². The number of amides is 1. The zero-order chi connectivity index (χ0) is 21.4. The molecule has 0 saturated carbocycles. The first-order valence-electron chi connectivity index (χ1n) is 10.8. The van der Waals surface area contributed by atoms with Crippen LogP contribution in [0.2, 0.25) is 0 Å². The zero-order valence-electron chi connectivity index (χ0n) is 18.0. The Labute approximate surface area is 186 Å². The van der Waals surface area contributed by atoms with Gasteiger partial charge in [0, 0.05) is 44.8 Å². The summed E-state index contributed by atoms with van der Waals surface area (Å²) in [5.74, 6) is 1.19. The molecule has 2 fully saturated rings. The fourth-order valence-corrected chi connectivity index (χ4v) is 5.27. The molecule has 2 aliphatic rings. The SMILES string of the molecule is COc1ccc(-c2cn3nc(N4CCC[C@H](C(=O)N5CCN(C)CC5)C4)sc3n2)cc1. The number of hydrogen-bond donors (Lipinski definition) is 0. The van der Waals surface area contributed by atoms with Gasteiger partial charge in [-0.05, 0) is 44.2 Å². The molecule has 2 aliphatic heterocycles. The summed E-state index contributed by atoms with van der Waals surface area (Å²) < 4.78 is 7.08. The number of aromatic nitrogens is 3. The van der Waals surface area contributed by atoms with Gasteiger partial charge in [0.2, 0.25) is 16.0 Å². The highest BCUT2D eigenvalue weighted by Crippen LogP contribution is 2.30. The van der Waals surface area contributed by atoms with E-state index in [1.807, 2.05) is 39.9 Å². The van der Waals surface area contributed by atoms with Crippen LogP contribution in [0, 0.1) is 5.92 Å². The summed E-state index contributed by atoms with van der Waals surface area (Å²) in [7, 11) is 3.78. The standard InChI is InChI=1S/C22H28N6O2S/c1-25-10-12-26(13-11-25)20(29)17-4-3-9-27(14-17)22-24-28-15-19(23-21(28)31-22)16-5-7-18(30-2)8-6-16/h5-8,15,17H,3-4,9-14H2,1-2H3/t17-/m0/s1. The lowest BCUT2D eigenvalue weighted by molar-refractivity contribution is -0.137. The molecular formula is C22H28N6O2S. The second-order valence-electron chi connectivity index (χ2n) is 8.38. The molecule has 31 heavy (non-hydrogen) atoms. The number of imidazole rings is 1. The van der Waals surface area contributed by atoms with Crippen LogP contribution in [0.3, 0.4) is 0 Å². The van der Waals surface area contributed by atoms with Gasteiger partial charge < -0.3 is 19.4 Å². The number of carbonyl (C=O) groups excluding carboxylic acids is 1. The lowest BCUT2D eigenvalue weighted by atomic mass is 9.96. The first kappa shape index (κ1) is 20.3. The summed E-state index contributed by atoms with van der Waals surface area (Å²) in [6.45, 7) is 5.28. The number of hydrogen-bond acceptors (Lipinski definition) is 7. The number of ether oxygens (including phenoxy) is 1. The highest BCUT2D eigenvalue weighted by Gasteiger charge is 2.31. The van der Waals surface area contributed by atoms with Crippen LogP contribution in [0.25, 0.3) is 16.2 Å². The molecule has 9 heteroatoms. The molecule has 0 spiro atoms. The van der Waals surface area contributed by atoms with Crippen molar-refractivity contribution in [1.29, 1.82) is 0 Å². The Morgan fingerprint density at radius 1 is 1.13 bits per heavy atom. The Hall–Kier alpha value is -2.65. The number of rotatable bonds is 4. The highest BCUT2D eigenvalue weighted by molar-refractivity contribution is 7.20. The van der Waals surface area contributed by atoms with Gasteiger partial charge >= 0.3 is 0 Å². The molecule has 2 saturated heterocycles. The van der Waals surface area contributed by atoms with Gasteiger partial charge in [-0.15, -0.1) is 5.10 Å². The monoisotopic (exact) mass is 440 g/mol. The number of likely N-dealkylation sites (N-methyl/N-ethyl adjacent to an activating group) is 1. The molecule has 0 radical (unpaired) electrons. The highest BCUT2D eigenvalue weighted by atomic mass is 32.1. The summed E-state index contributed by atoms with van der Waals surface area (Å²) in [5, 5.41) is 5.72. The Bertz CT molecular complexity index is 1020. The normalized spacial score (nSPS) is 20.4. The number of piperidine rings is 1. The minimum Gasteiger partial charge on any atom is -0.497 e. The van der Waals surface area contributed by atoms with Gasteiger partial charge in [-0.3, -0.25) is 4.79 Å². The Morgan fingerprint density at radius 2 is 1.90 bits per heavy atom. The maximum absolute atomic E-state index is 13.0. The lowest BCUT2D eigenvalue weighted by Gasteiger charge is -2.37. The molecule has 0 aliphatic carbocycles. The molecule has 1 atom stereocenters. The average molecular weight is 441 g/mol. The summed E-state index contributed by atoms with van der Waals surface area (Å²) in [4.78, 5) is 25.3. The molecule has 1 amide bonds. The third kappa shape index (κ3) is 4.12. The summed E-state index contributed by atoms with van der Waals surface area (Å²) >= 11 is 1.59. The van der Waals surface area contributed by atoms with Gasteiger partial charge in [-0.2, -0.15) is 0 Å². The summed E-state index contributed by atoms with van der Waals surface area (Å²) in [6, 6.07) is 7.89. The number of fused-ring (bicyclic) bond motifs is 1. The topological polar surface area (TPSA) is 66.2 Å². The lowest BCUT2D eigenvalue weighted by Crippen LogP contribution is -2.51. The van der Waals surface area contributed by atoms with E-state index in [1.165, 1.54) is 0 Å². The number of methoxy groups -OCH3 is 1. The quantitative estimate of drug-likeness (QED) is 0.621. The first-order valence-corrected chi connectivity index (χ1v) is 11.7. The second kappa shape index (κ2) is 8.47. The van der Waals surface area contributed by atoms with E-state index >= 15 is 0 Å². The van der Waals surface area contributed by atoms with Crippen molar-refractivity contribution in [2.24, 2.45) is 5.92 Å². The fraction of sp³-hybridized carbons (Fsp3) is 0.500. The predicted octanol–water partition coefficient (Wildman–Crippen LogP) is 2.46. The van der Waals surface area contributed by atoms with Crippen LogP contribution in [-0.4, -0.2) is 83.7 Å². The van der Waals surface area contributed by atoms with E-state index in [0.717, 1.165) is 79.2 Å². The van der Waals surface area contributed by atoms with Crippen LogP contribution in [0.1, 0.15) is 12.8 Å². The van der Waals surface area contributed by atoms with Crippen molar-refractivity contribution in [2.45, 2.75) is 12.8 Å². The molecule has 0 N–H and O–H groups in total. The van der Waals surface area contributed by atoms with E-state index in [0.29, 0.717) is 5.91 Å². The van der Waals surface area contributed by atoms with Gasteiger partial charge in [-0.25, -0.2) is 9.50 Å². The number of carbonyl (C=O) groups is 1. The van der Waals surface area contributed by atoms with E-state index in [2.05, 4.69) is 16.8 Å². The Balaban J connectivity index is 1.28. The molecule has 5 rings (SSSR count). The average Bonchev–Trinajstić information content (AvgIpc) is 3.39. The molecule has 1 aromatic carbocycles. The van der Waals surface area contributed by atoms with Gasteiger partial charge in [0.25, 0.3) is 0 Å². The molecule has 0 bridgehead atoms. The van der Waals surface area contributed by atoms with Crippen molar-refractivity contribution in [3.8, 4) is 17.0 Å². The maximum atomic E-state index is 13.0. The smallest absolute Gasteiger partial charge is 0.227 e. The number of benzene rings is 1. The molecule has 2 aromatic heterocycles. The Kier molecular flexibility index (Phi) is 5.54. The predicted molar refractivity (Wildman–Crippen MR) is 122 cm³/mol. The van der Waals surface area contributed by atoms with Crippen molar-refractivity contribution >= 4 is 27.3 Å². The summed E-state index contributed by atoms with van der Waals surface area (Å²) in [6.07, 6.45) is 3.95. The van der Waals surface area contributed by atoms with Gasteiger partial charge in [0.15, 0.2) is 0 Å². The van der Waals surface area contributed by atoms with Crippen LogP contribution in [0.4, 0.5) is 5.13 Å². The number of anilines is 1. The first-order chi connectivity index (χ1) is 15.1. The van der Waals surface area contributed by atoms with Crippen LogP contribution in [0.15, 0.2) is 30.5 Å². The van der Waals surface area contributed by atoms with E-state index < -0.39 is 0 Å². The largest absolute Gasteiger partial charge is 0.497 e.